The van der Waals surface area contributed by atoms with Crippen molar-refractivity contribution in [2.45, 2.75) is 0 Å². The molecule has 0 amide bonds. The average molecular weight is 87.1 g/mol. The van der Waals surface area contributed by atoms with Crippen molar-refractivity contribution in [3.8, 4) is 6.26 Å². The SMILES string of the molecule is N#CO[Si]O. The van der Waals surface area contributed by atoms with Gasteiger partial charge in [-0.05, 0) is 0 Å². The predicted octanol–water partition coefficient (Wildman–Crippen LogP) is -0.989. The molecule has 0 heterocycles. The topological polar surface area (TPSA) is 53.2 Å². The molecule has 0 aromatic carbocycles. The molecule has 0 aliphatic heterocycles. The lowest BCUT2D eigenvalue weighted by Crippen LogP contribution is -1.86. The summed E-state index contributed by atoms with van der Waals surface area (Å²) in [6, 6.07) is 0. The summed E-state index contributed by atoms with van der Waals surface area (Å²) in [5, 5.41) is 7.44. The van der Waals surface area contributed by atoms with Gasteiger partial charge in [0, 0.05) is 0 Å². The van der Waals surface area contributed by atoms with Gasteiger partial charge < -0.3 is 9.22 Å². The van der Waals surface area contributed by atoms with Gasteiger partial charge in [-0.1, -0.05) is 0 Å². The quantitative estimate of drug-likeness (QED) is 0.330. The molecule has 0 spiro atoms. The second-order valence-corrected chi connectivity index (χ2v) is 0.671. The lowest BCUT2D eigenvalue weighted by molar-refractivity contribution is 0.423. The molecule has 5 heavy (non-hydrogen) atoms. The predicted molar refractivity (Wildman–Crippen MR) is 14.7 cm³/mol. The maximum Gasteiger partial charge on any atom is 0.529 e. The van der Waals surface area contributed by atoms with Crippen LogP contribution in [0, 0.1) is 11.5 Å². The van der Waals surface area contributed by atoms with E-state index in [1.807, 2.05) is 0 Å². The third-order valence-corrected chi connectivity index (χ3v) is 0.274. The van der Waals surface area contributed by atoms with Crippen molar-refractivity contribution in [2.24, 2.45) is 0 Å². The number of hydrogen-bond acceptors (Lipinski definition) is 3. The number of nitrogens with zero attached hydrogens (tertiary/aromatic N) is 1. The Labute approximate surface area is 31.9 Å². The van der Waals surface area contributed by atoms with Crippen LogP contribution in [-0.4, -0.2) is 14.8 Å². The van der Waals surface area contributed by atoms with E-state index in [4.69, 9.17) is 10.1 Å². The van der Waals surface area contributed by atoms with E-state index in [0.29, 0.717) is 0 Å². The first-order valence-corrected chi connectivity index (χ1v) is 1.71. The van der Waals surface area contributed by atoms with E-state index in [-0.39, 0.29) is 0 Å². The van der Waals surface area contributed by atoms with Crippen LogP contribution in [0.25, 0.3) is 0 Å². The largest absolute Gasteiger partial charge is 0.529 e. The molecule has 0 aliphatic carbocycles. The van der Waals surface area contributed by atoms with Crippen LogP contribution in [-0.2, 0) is 4.43 Å². The minimum Gasteiger partial charge on any atom is -0.448 e. The molecule has 0 unspecified atom stereocenters. The van der Waals surface area contributed by atoms with Gasteiger partial charge in [-0.2, -0.15) is 5.26 Å². The summed E-state index contributed by atoms with van der Waals surface area (Å²) >= 11 is 0. The lowest BCUT2D eigenvalue weighted by atomic mass is 11.6. The zero-order chi connectivity index (χ0) is 4.12. The van der Waals surface area contributed by atoms with Crippen LogP contribution in [0.5, 0.6) is 0 Å². The Bertz CT molecular complexity index is 48.1. The summed E-state index contributed by atoms with van der Waals surface area (Å²) in [6.45, 7) is 0. The van der Waals surface area contributed by atoms with Crippen LogP contribution >= 0.6 is 0 Å². The Kier molecular flexibility index (Phi) is 3.10. The van der Waals surface area contributed by atoms with E-state index in [9.17, 15) is 0 Å². The fourth-order valence-corrected chi connectivity index (χ4v) is 0.0612. The number of rotatable bonds is 1. The highest BCUT2D eigenvalue weighted by molar-refractivity contribution is 6.16. The summed E-state index contributed by atoms with van der Waals surface area (Å²) in [7, 11) is -0.703. The van der Waals surface area contributed by atoms with Gasteiger partial charge in [-0.3, -0.25) is 0 Å². The van der Waals surface area contributed by atoms with Crippen LogP contribution in [0.3, 0.4) is 0 Å². The van der Waals surface area contributed by atoms with Gasteiger partial charge in [0.05, 0.1) is 0 Å². The summed E-state index contributed by atoms with van der Waals surface area (Å²) in [4.78, 5) is 7.65. The minimum absolute atomic E-state index is 0.703. The van der Waals surface area contributed by atoms with E-state index in [1.165, 1.54) is 6.26 Å². The fraction of sp³-hybridized carbons (Fsp3) is 0. The van der Waals surface area contributed by atoms with Gasteiger partial charge in [-0.25, -0.2) is 0 Å². The molecule has 0 bridgehead atoms. The first-order chi connectivity index (χ1) is 2.41. The van der Waals surface area contributed by atoms with Crippen molar-refractivity contribution in [3.05, 3.63) is 0 Å². The van der Waals surface area contributed by atoms with Gasteiger partial charge >= 0.3 is 10.0 Å². The van der Waals surface area contributed by atoms with Crippen molar-refractivity contribution >= 4 is 10.0 Å². The summed E-state index contributed by atoms with van der Waals surface area (Å²) in [5.74, 6) is 0. The van der Waals surface area contributed by atoms with E-state index in [0.717, 1.165) is 0 Å². The Morgan fingerprint density at radius 2 is 2.60 bits per heavy atom. The molecule has 0 aromatic heterocycles. The summed E-state index contributed by atoms with van der Waals surface area (Å²) in [6.07, 6.45) is 1.28. The van der Waals surface area contributed by atoms with Gasteiger partial charge in [0.15, 0.2) is 0 Å². The van der Waals surface area contributed by atoms with E-state index in [1.54, 1.807) is 0 Å². The van der Waals surface area contributed by atoms with Crippen LogP contribution in [0.15, 0.2) is 0 Å². The van der Waals surface area contributed by atoms with Crippen molar-refractivity contribution in [1.29, 1.82) is 5.26 Å². The maximum absolute atomic E-state index is 7.65. The standard InChI is InChI=1S/CHNO2Si/c2-1-4-5-3/h3H. The van der Waals surface area contributed by atoms with Gasteiger partial charge in [0.1, 0.15) is 0 Å². The molecule has 0 atom stereocenters. The Morgan fingerprint density at radius 3 is 2.60 bits per heavy atom. The molecular weight excluding hydrogens is 86.1 g/mol. The number of hydrogen-bond donors (Lipinski definition) is 1. The highest BCUT2D eigenvalue weighted by Gasteiger charge is 1.72. The molecule has 1 N–H and O–H groups in total. The average Bonchev–Trinajstić information content (AvgIpc) is 1.41. The smallest absolute Gasteiger partial charge is 0.448 e. The lowest BCUT2D eigenvalue weighted by Gasteiger charge is -1.70. The molecule has 0 aromatic rings. The second-order valence-electron chi connectivity index (χ2n) is 0.285. The Balaban J connectivity index is 2.48. The molecule has 2 radical (unpaired) electrons. The minimum atomic E-state index is -0.703. The van der Waals surface area contributed by atoms with Crippen LogP contribution in [0.2, 0.25) is 0 Å². The van der Waals surface area contributed by atoms with Crippen LogP contribution in [0.4, 0.5) is 0 Å². The third-order valence-electron chi connectivity index (χ3n) is 0.0913. The fourth-order valence-electron chi connectivity index (χ4n) is 0.0204. The zero-order valence-corrected chi connectivity index (χ0v) is 3.30. The second kappa shape index (κ2) is 3.47. The molecule has 0 aliphatic rings. The van der Waals surface area contributed by atoms with Crippen LogP contribution in [0.1, 0.15) is 0 Å². The molecule has 0 saturated heterocycles. The third kappa shape index (κ3) is 3.47. The molecule has 3 nitrogen and oxygen atoms in total. The first kappa shape index (κ1) is 4.47. The first-order valence-electron chi connectivity index (χ1n) is 0.855. The zero-order valence-electron chi connectivity index (χ0n) is 2.30. The molecule has 0 rings (SSSR count). The highest BCUT2D eigenvalue weighted by atomic mass is 28.2. The van der Waals surface area contributed by atoms with Crippen molar-refractivity contribution in [1.82, 2.24) is 0 Å². The Morgan fingerprint density at radius 1 is 2.00 bits per heavy atom. The normalized spacial score (nSPS) is 5.60. The molecule has 0 saturated carbocycles. The van der Waals surface area contributed by atoms with Crippen molar-refractivity contribution < 1.29 is 9.22 Å². The molecule has 26 valence electrons. The maximum atomic E-state index is 7.65. The molecule has 4 heteroatoms. The molecule has 0 fully saturated rings. The summed E-state index contributed by atoms with van der Waals surface area (Å²) in [5.41, 5.74) is 0. The monoisotopic (exact) mass is 87.0 g/mol. The van der Waals surface area contributed by atoms with Gasteiger partial charge in [-0.15, -0.1) is 0 Å². The van der Waals surface area contributed by atoms with Gasteiger partial charge in [0.2, 0.25) is 0 Å². The Hall–Kier alpha value is -0.533. The molecular formula is CHNO2Si. The van der Waals surface area contributed by atoms with E-state index >= 15 is 0 Å². The van der Waals surface area contributed by atoms with E-state index < -0.39 is 10.0 Å². The van der Waals surface area contributed by atoms with Gasteiger partial charge in [0.25, 0.3) is 6.26 Å². The van der Waals surface area contributed by atoms with Crippen molar-refractivity contribution in [2.75, 3.05) is 0 Å². The van der Waals surface area contributed by atoms with Crippen LogP contribution < -0.4 is 0 Å². The number of nitriles is 1. The van der Waals surface area contributed by atoms with Crippen molar-refractivity contribution in [3.63, 3.8) is 0 Å². The van der Waals surface area contributed by atoms with E-state index in [2.05, 4.69) is 4.43 Å². The highest BCUT2D eigenvalue weighted by Crippen LogP contribution is 1.49. The summed E-state index contributed by atoms with van der Waals surface area (Å²) < 4.78 is 3.72.